The second-order valence-corrected chi connectivity index (χ2v) is 6.48. The maximum atomic E-state index is 12.6. The first-order valence-corrected chi connectivity index (χ1v) is 8.34. The fourth-order valence-electron chi connectivity index (χ4n) is 2.63. The zero-order valence-electron chi connectivity index (χ0n) is 12.5. The Morgan fingerprint density at radius 3 is 2.90 bits per heavy atom. The van der Waals surface area contributed by atoms with Crippen LogP contribution in [0.15, 0.2) is 11.2 Å². The maximum Gasteiger partial charge on any atom is 0.263 e. The molecule has 1 amide bonds. The van der Waals surface area contributed by atoms with E-state index in [4.69, 9.17) is 10.9 Å². The van der Waals surface area contributed by atoms with Crippen molar-refractivity contribution >= 4 is 23.1 Å². The molecule has 2 rings (SSSR count). The Morgan fingerprint density at radius 2 is 2.19 bits per heavy atom. The van der Waals surface area contributed by atoms with Gasteiger partial charge in [-0.2, -0.15) is 0 Å². The number of amides is 1. The number of nitrogens with two attached hydrogens (primary N) is 1. The van der Waals surface area contributed by atoms with E-state index in [9.17, 15) is 4.79 Å². The van der Waals surface area contributed by atoms with Crippen LogP contribution in [0.2, 0.25) is 0 Å². The highest BCUT2D eigenvalue weighted by molar-refractivity contribution is 7.14. The largest absolute Gasteiger partial charge is 0.409 e. The summed E-state index contributed by atoms with van der Waals surface area (Å²) in [6.07, 6.45) is 6.31. The van der Waals surface area contributed by atoms with Crippen LogP contribution in [0.4, 0.5) is 0 Å². The van der Waals surface area contributed by atoms with E-state index in [1.807, 2.05) is 6.92 Å². The van der Waals surface area contributed by atoms with Crippen LogP contribution in [0.3, 0.4) is 0 Å². The molecule has 5 nitrogen and oxygen atoms in total. The fraction of sp³-hybridized carbons (Fsp3) is 0.600. The minimum Gasteiger partial charge on any atom is -0.409 e. The van der Waals surface area contributed by atoms with Crippen molar-refractivity contribution in [3.63, 3.8) is 0 Å². The van der Waals surface area contributed by atoms with E-state index in [1.54, 1.807) is 16.2 Å². The van der Waals surface area contributed by atoms with Crippen molar-refractivity contribution in [1.82, 2.24) is 4.90 Å². The van der Waals surface area contributed by atoms with Crippen LogP contribution in [0.25, 0.3) is 0 Å². The number of hydrogen-bond acceptors (Lipinski definition) is 4. The molecule has 3 N–H and O–H groups in total. The molecule has 1 aromatic heterocycles. The average Bonchev–Trinajstić information content (AvgIpc) is 2.78. The first kappa shape index (κ1) is 15.8. The summed E-state index contributed by atoms with van der Waals surface area (Å²) in [5.41, 5.74) is 6.83. The van der Waals surface area contributed by atoms with Gasteiger partial charge in [-0.1, -0.05) is 11.6 Å². The molecule has 6 heteroatoms. The molecular weight excluding hydrogens is 286 g/mol. The molecule has 1 heterocycles. The molecule has 0 bridgehead atoms. The lowest BCUT2D eigenvalue weighted by Crippen LogP contribution is -2.33. The molecule has 1 aliphatic carbocycles. The van der Waals surface area contributed by atoms with Gasteiger partial charge in [-0.05, 0) is 44.2 Å². The highest BCUT2D eigenvalue weighted by Crippen LogP contribution is 2.29. The molecule has 1 aliphatic rings. The summed E-state index contributed by atoms with van der Waals surface area (Å²) in [7, 11) is 0. The highest BCUT2D eigenvalue weighted by Gasteiger charge is 2.20. The predicted molar refractivity (Wildman–Crippen MR) is 85.2 cm³/mol. The number of amidine groups is 1. The monoisotopic (exact) mass is 309 g/mol. The van der Waals surface area contributed by atoms with Gasteiger partial charge in [0.25, 0.3) is 5.91 Å². The number of carbonyl (C=O) groups is 1. The van der Waals surface area contributed by atoms with E-state index in [0.717, 1.165) is 17.7 Å². The van der Waals surface area contributed by atoms with E-state index in [1.165, 1.54) is 29.7 Å². The summed E-state index contributed by atoms with van der Waals surface area (Å²) in [6, 6.07) is 2.07. The highest BCUT2D eigenvalue weighted by atomic mass is 32.1. The second kappa shape index (κ2) is 7.45. The van der Waals surface area contributed by atoms with Crippen molar-refractivity contribution in [3.05, 3.63) is 21.4 Å². The quantitative estimate of drug-likeness (QED) is 0.288. The Kier molecular flexibility index (Phi) is 5.61. The first-order chi connectivity index (χ1) is 10.2. The van der Waals surface area contributed by atoms with Crippen molar-refractivity contribution < 1.29 is 10.0 Å². The van der Waals surface area contributed by atoms with E-state index < -0.39 is 0 Å². The SMILES string of the molecule is CCN(CCC(N)=NO)C(=O)c1cc2c(s1)CCCCC2. The standard InChI is InChI=1S/C15H23N3O2S/c1-2-18(9-8-14(16)17-20)15(19)13-10-11-6-4-3-5-7-12(11)21-13/h10,20H,2-9H2,1H3,(H2,16,17). The van der Waals surface area contributed by atoms with Crippen LogP contribution in [-0.4, -0.2) is 34.9 Å². The van der Waals surface area contributed by atoms with Gasteiger partial charge in [-0.3, -0.25) is 4.79 Å². The third-order valence-electron chi connectivity index (χ3n) is 3.89. The Labute approximate surface area is 129 Å². The fourth-order valence-corrected chi connectivity index (χ4v) is 3.85. The van der Waals surface area contributed by atoms with E-state index in [0.29, 0.717) is 19.5 Å². The van der Waals surface area contributed by atoms with Crippen molar-refractivity contribution in [3.8, 4) is 0 Å². The predicted octanol–water partition coefficient (Wildman–Crippen LogP) is 2.62. The number of thiophene rings is 1. The number of carbonyl (C=O) groups excluding carboxylic acids is 1. The van der Waals surface area contributed by atoms with Crippen molar-refractivity contribution in [2.45, 2.75) is 45.4 Å². The first-order valence-electron chi connectivity index (χ1n) is 7.53. The van der Waals surface area contributed by atoms with Gasteiger partial charge in [0, 0.05) is 24.4 Å². The number of hydrogen-bond donors (Lipinski definition) is 2. The molecule has 0 radical (unpaired) electrons. The Morgan fingerprint density at radius 1 is 1.43 bits per heavy atom. The van der Waals surface area contributed by atoms with Crippen LogP contribution in [0, 0.1) is 0 Å². The lowest BCUT2D eigenvalue weighted by atomic mass is 10.1. The zero-order valence-corrected chi connectivity index (χ0v) is 13.3. The minimum absolute atomic E-state index is 0.0568. The van der Waals surface area contributed by atoms with Crippen LogP contribution in [0.1, 0.15) is 52.7 Å². The molecule has 0 fully saturated rings. The molecular formula is C15H23N3O2S. The van der Waals surface area contributed by atoms with Gasteiger partial charge in [0.05, 0.1) is 4.88 Å². The Bertz CT molecular complexity index is 501. The normalized spacial score (nSPS) is 15.4. The Balaban J connectivity index is 2.07. The van der Waals surface area contributed by atoms with Gasteiger partial charge in [0.2, 0.25) is 0 Å². The number of oxime groups is 1. The summed E-state index contributed by atoms with van der Waals surface area (Å²) in [4.78, 5) is 16.5. The number of rotatable bonds is 5. The molecule has 0 spiro atoms. The zero-order chi connectivity index (χ0) is 15.2. The van der Waals surface area contributed by atoms with Gasteiger partial charge < -0.3 is 15.8 Å². The van der Waals surface area contributed by atoms with Gasteiger partial charge in [-0.25, -0.2) is 0 Å². The van der Waals surface area contributed by atoms with Gasteiger partial charge >= 0.3 is 0 Å². The lowest BCUT2D eigenvalue weighted by Gasteiger charge is -2.19. The molecule has 0 saturated heterocycles. The smallest absolute Gasteiger partial charge is 0.263 e. The van der Waals surface area contributed by atoms with Gasteiger partial charge in [0.15, 0.2) is 0 Å². The van der Waals surface area contributed by atoms with E-state index in [2.05, 4.69) is 11.2 Å². The molecule has 0 aliphatic heterocycles. The van der Waals surface area contributed by atoms with Crippen LogP contribution in [0.5, 0.6) is 0 Å². The second-order valence-electron chi connectivity index (χ2n) is 5.35. The van der Waals surface area contributed by atoms with Crippen LogP contribution >= 0.6 is 11.3 Å². The topological polar surface area (TPSA) is 78.9 Å². The molecule has 21 heavy (non-hydrogen) atoms. The van der Waals surface area contributed by atoms with E-state index in [-0.39, 0.29) is 11.7 Å². The third-order valence-corrected chi connectivity index (χ3v) is 5.12. The summed E-state index contributed by atoms with van der Waals surface area (Å²) in [5.74, 6) is 0.213. The molecule has 1 aromatic rings. The summed E-state index contributed by atoms with van der Waals surface area (Å²) in [5, 5.41) is 11.5. The third kappa shape index (κ3) is 3.97. The molecule has 0 unspecified atom stereocenters. The van der Waals surface area contributed by atoms with Gasteiger partial charge in [0.1, 0.15) is 5.84 Å². The van der Waals surface area contributed by atoms with Crippen molar-refractivity contribution in [2.75, 3.05) is 13.1 Å². The number of fused-ring (bicyclic) bond motifs is 1. The van der Waals surface area contributed by atoms with E-state index >= 15 is 0 Å². The molecule has 0 atom stereocenters. The van der Waals surface area contributed by atoms with Crippen LogP contribution in [-0.2, 0) is 12.8 Å². The maximum absolute atomic E-state index is 12.6. The summed E-state index contributed by atoms with van der Waals surface area (Å²) < 4.78 is 0. The molecule has 0 aromatic carbocycles. The molecule has 116 valence electrons. The number of aryl methyl sites for hydroxylation is 2. The Hall–Kier alpha value is -1.56. The number of nitrogens with zero attached hydrogens (tertiary/aromatic N) is 2. The van der Waals surface area contributed by atoms with Crippen molar-refractivity contribution in [2.24, 2.45) is 10.9 Å². The summed E-state index contributed by atoms with van der Waals surface area (Å²) >= 11 is 1.64. The average molecular weight is 309 g/mol. The summed E-state index contributed by atoms with van der Waals surface area (Å²) in [6.45, 7) is 3.05. The van der Waals surface area contributed by atoms with Crippen molar-refractivity contribution in [1.29, 1.82) is 0 Å². The van der Waals surface area contributed by atoms with Crippen LogP contribution < -0.4 is 5.73 Å². The lowest BCUT2D eigenvalue weighted by molar-refractivity contribution is 0.0773. The molecule has 0 saturated carbocycles. The van der Waals surface area contributed by atoms with Gasteiger partial charge in [-0.15, -0.1) is 11.3 Å². The minimum atomic E-state index is 0.0568.